The van der Waals surface area contributed by atoms with Crippen LogP contribution in [0.5, 0.6) is 5.75 Å². The molecular weight excluding hydrogens is 434 g/mol. The highest BCUT2D eigenvalue weighted by Crippen LogP contribution is 2.30. The van der Waals surface area contributed by atoms with E-state index in [1.54, 1.807) is 25.1 Å². The first-order valence-electron chi connectivity index (χ1n) is 11.1. The molecule has 1 aromatic heterocycles. The number of nitrogens with zero attached hydrogens (tertiary/aromatic N) is 2. The first kappa shape index (κ1) is 23.0. The largest absolute Gasteiger partial charge is 0.487 e. The summed E-state index contributed by atoms with van der Waals surface area (Å²) >= 11 is 0. The van der Waals surface area contributed by atoms with E-state index in [9.17, 15) is 14.9 Å². The molecule has 0 saturated carbocycles. The number of nitro benzene ring substituents is 1. The number of hydrogen-bond acceptors (Lipinski definition) is 6. The molecule has 174 valence electrons. The number of nitro groups is 1. The molecule has 1 atom stereocenters. The number of benzene rings is 3. The average Bonchev–Trinajstić information content (AvgIpc) is 3.27. The lowest BCUT2D eigenvalue weighted by molar-refractivity contribution is -0.385. The highest BCUT2D eigenvalue weighted by molar-refractivity contribution is 6.05. The number of oxazole rings is 1. The van der Waals surface area contributed by atoms with E-state index in [4.69, 9.17) is 9.15 Å². The fraction of sp³-hybridized carbons (Fsp3) is 0.231. The van der Waals surface area contributed by atoms with Gasteiger partial charge in [-0.15, -0.1) is 0 Å². The van der Waals surface area contributed by atoms with Crippen LogP contribution in [0, 0.1) is 10.1 Å². The Balaban J connectivity index is 1.58. The molecule has 0 fully saturated rings. The molecule has 1 amide bonds. The molecule has 0 bridgehead atoms. The summed E-state index contributed by atoms with van der Waals surface area (Å²) in [7, 11) is 0. The topological polar surface area (TPSA) is 108 Å². The molecule has 4 rings (SSSR count). The molecule has 0 aliphatic heterocycles. The normalized spacial score (nSPS) is 11.9. The van der Waals surface area contributed by atoms with Crippen LogP contribution in [-0.2, 0) is 0 Å². The highest BCUT2D eigenvalue weighted by Gasteiger charge is 2.19. The summed E-state index contributed by atoms with van der Waals surface area (Å²) in [6.45, 7) is 6.34. The molecule has 1 N–H and O–H groups in total. The number of rotatable bonds is 8. The maximum absolute atomic E-state index is 12.8. The molecule has 0 radical (unpaired) electrons. The van der Waals surface area contributed by atoms with Crippen molar-refractivity contribution in [2.24, 2.45) is 0 Å². The summed E-state index contributed by atoms with van der Waals surface area (Å²) < 4.78 is 11.2. The summed E-state index contributed by atoms with van der Waals surface area (Å²) in [6.07, 6.45) is 1.04. The van der Waals surface area contributed by atoms with Gasteiger partial charge < -0.3 is 14.5 Å². The molecule has 8 nitrogen and oxygen atoms in total. The predicted octanol–water partition coefficient (Wildman–Crippen LogP) is 6.57. The Bertz CT molecular complexity index is 1360. The molecule has 34 heavy (non-hydrogen) atoms. The predicted molar refractivity (Wildman–Crippen MR) is 130 cm³/mol. The quantitative estimate of drug-likeness (QED) is 0.236. The van der Waals surface area contributed by atoms with Crippen molar-refractivity contribution >= 4 is 28.4 Å². The Morgan fingerprint density at radius 2 is 1.97 bits per heavy atom. The number of fused-ring (bicyclic) bond motifs is 1. The molecule has 0 spiro atoms. The number of anilines is 1. The lowest BCUT2D eigenvalue weighted by atomic mass is 9.98. The van der Waals surface area contributed by atoms with E-state index in [1.807, 2.05) is 18.2 Å². The lowest BCUT2D eigenvalue weighted by Crippen LogP contribution is -2.12. The summed E-state index contributed by atoms with van der Waals surface area (Å²) in [6, 6.07) is 17.3. The number of aromatic nitrogens is 1. The van der Waals surface area contributed by atoms with Crippen LogP contribution >= 0.6 is 0 Å². The van der Waals surface area contributed by atoms with Gasteiger partial charge in [0.1, 0.15) is 5.52 Å². The summed E-state index contributed by atoms with van der Waals surface area (Å²) in [4.78, 5) is 28.2. The Morgan fingerprint density at radius 1 is 1.15 bits per heavy atom. The van der Waals surface area contributed by atoms with E-state index < -0.39 is 10.8 Å². The van der Waals surface area contributed by atoms with Gasteiger partial charge in [0.2, 0.25) is 5.89 Å². The van der Waals surface area contributed by atoms with Gasteiger partial charge in [0, 0.05) is 22.9 Å². The second-order valence-electron chi connectivity index (χ2n) is 7.96. The maximum Gasteiger partial charge on any atom is 0.311 e. The third-order valence-corrected chi connectivity index (χ3v) is 5.68. The van der Waals surface area contributed by atoms with Crippen LogP contribution in [0.4, 0.5) is 11.4 Å². The Kier molecular flexibility index (Phi) is 6.58. The van der Waals surface area contributed by atoms with Crippen LogP contribution in [0.25, 0.3) is 22.6 Å². The van der Waals surface area contributed by atoms with Gasteiger partial charge >= 0.3 is 5.69 Å². The SMILES string of the molecule is CCOc1ccc(C(=O)Nc2cccc(-c3nc4cc([C@@H](C)CC)ccc4o3)c2)cc1[N+](=O)[O-]. The monoisotopic (exact) mass is 459 g/mol. The van der Waals surface area contributed by atoms with Gasteiger partial charge in [-0.2, -0.15) is 0 Å². The molecule has 3 aromatic carbocycles. The maximum atomic E-state index is 12.8. The van der Waals surface area contributed by atoms with Gasteiger partial charge in [0.15, 0.2) is 11.3 Å². The highest BCUT2D eigenvalue weighted by atomic mass is 16.6. The van der Waals surface area contributed by atoms with Crippen LogP contribution in [0.2, 0.25) is 0 Å². The van der Waals surface area contributed by atoms with Crippen LogP contribution < -0.4 is 10.1 Å². The van der Waals surface area contributed by atoms with Gasteiger partial charge in [0.05, 0.1) is 11.5 Å². The van der Waals surface area contributed by atoms with Crippen molar-refractivity contribution in [2.75, 3.05) is 11.9 Å². The zero-order chi connectivity index (χ0) is 24.2. The van der Waals surface area contributed by atoms with Crippen LogP contribution in [-0.4, -0.2) is 22.4 Å². The molecule has 0 aliphatic rings. The minimum atomic E-state index is -0.567. The minimum absolute atomic E-state index is 0.124. The van der Waals surface area contributed by atoms with Crippen molar-refractivity contribution < 1.29 is 18.9 Å². The first-order valence-corrected chi connectivity index (χ1v) is 11.1. The average molecular weight is 460 g/mol. The Hall–Kier alpha value is -4.20. The van der Waals surface area contributed by atoms with Crippen molar-refractivity contribution in [1.29, 1.82) is 0 Å². The fourth-order valence-electron chi connectivity index (χ4n) is 3.62. The molecule has 0 aliphatic carbocycles. The molecule has 0 saturated heterocycles. The Morgan fingerprint density at radius 3 is 2.71 bits per heavy atom. The molecular formula is C26H25N3O5. The van der Waals surface area contributed by atoms with Crippen molar-refractivity contribution in [3.63, 3.8) is 0 Å². The van der Waals surface area contributed by atoms with Crippen LogP contribution in [0.3, 0.4) is 0 Å². The van der Waals surface area contributed by atoms with Crippen molar-refractivity contribution in [2.45, 2.75) is 33.1 Å². The number of amides is 1. The van der Waals surface area contributed by atoms with E-state index in [2.05, 4.69) is 30.2 Å². The van der Waals surface area contributed by atoms with Gasteiger partial charge in [-0.25, -0.2) is 4.98 Å². The molecule has 4 aromatic rings. The summed E-state index contributed by atoms with van der Waals surface area (Å²) in [5.74, 6) is 0.531. The second-order valence-corrected chi connectivity index (χ2v) is 7.96. The smallest absolute Gasteiger partial charge is 0.311 e. The van der Waals surface area contributed by atoms with E-state index in [1.165, 1.54) is 23.8 Å². The second kappa shape index (κ2) is 9.74. The van der Waals surface area contributed by atoms with Crippen molar-refractivity contribution in [3.05, 3.63) is 81.9 Å². The third-order valence-electron chi connectivity index (χ3n) is 5.68. The number of nitrogens with one attached hydrogen (secondary N) is 1. The summed E-state index contributed by atoms with van der Waals surface area (Å²) in [5, 5.41) is 14.1. The fourth-order valence-corrected chi connectivity index (χ4v) is 3.62. The zero-order valence-electron chi connectivity index (χ0n) is 19.2. The third kappa shape index (κ3) is 4.76. The number of carbonyl (C=O) groups is 1. The van der Waals surface area contributed by atoms with Gasteiger partial charge in [-0.1, -0.05) is 26.0 Å². The molecule has 1 heterocycles. The van der Waals surface area contributed by atoms with E-state index in [0.29, 0.717) is 28.6 Å². The van der Waals surface area contributed by atoms with Crippen LogP contribution in [0.1, 0.15) is 49.0 Å². The van der Waals surface area contributed by atoms with E-state index in [-0.39, 0.29) is 23.6 Å². The minimum Gasteiger partial charge on any atom is -0.487 e. The number of carbonyl (C=O) groups excluding carboxylic acids is 1. The van der Waals surface area contributed by atoms with Crippen LogP contribution in [0.15, 0.2) is 65.1 Å². The van der Waals surface area contributed by atoms with Crippen molar-refractivity contribution in [1.82, 2.24) is 4.98 Å². The van der Waals surface area contributed by atoms with Gasteiger partial charge in [-0.3, -0.25) is 14.9 Å². The molecule has 0 unspecified atom stereocenters. The van der Waals surface area contributed by atoms with Crippen molar-refractivity contribution in [3.8, 4) is 17.2 Å². The van der Waals surface area contributed by atoms with Gasteiger partial charge in [-0.05, 0) is 67.3 Å². The van der Waals surface area contributed by atoms with E-state index in [0.717, 1.165) is 11.9 Å². The lowest BCUT2D eigenvalue weighted by Gasteiger charge is -2.08. The number of hydrogen-bond donors (Lipinski definition) is 1. The molecule has 8 heteroatoms. The Labute approximate surface area is 196 Å². The standard InChI is InChI=1S/C26H25N3O5/c1-4-16(3)17-9-11-23-21(14-17)28-26(34-23)19-7-6-8-20(13-19)27-25(30)18-10-12-24(33-5-2)22(15-18)29(31)32/h6-16H,4-5H2,1-3H3,(H,27,30)/t16-/m0/s1. The van der Waals surface area contributed by atoms with E-state index >= 15 is 0 Å². The van der Waals surface area contributed by atoms with Gasteiger partial charge in [0.25, 0.3) is 5.91 Å². The number of ether oxygens (including phenoxy) is 1. The summed E-state index contributed by atoms with van der Waals surface area (Å²) in [5.41, 5.74) is 3.80. The zero-order valence-corrected chi connectivity index (χ0v) is 19.2. The first-order chi connectivity index (χ1) is 16.4.